The fourth-order valence-electron chi connectivity index (χ4n) is 5.45. The SMILES string of the molecule is O=C(O)CN1C2=C(C(=O)CCC2)C(c2ccccc2OCc2ccc(Br)cc2)C2=C1CCCC2=O. The summed E-state index contributed by atoms with van der Waals surface area (Å²) < 4.78 is 7.23. The van der Waals surface area contributed by atoms with Crippen molar-refractivity contribution in [1.29, 1.82) is 0 Å². The van der Waals surface area contributed by atoms with Gasteiger partial charge in [0.25, 0.3) is 0 Å². The number of allylic oxidation sites excluding steroid dienone is 4. The highest BCUT2D eigenvalue weighted by Gasteiger charge is 2.44. The van der Waals surface area contributed by atoms with E-state index in [1.165, 1.54) is 0 Å². The second-order valence-corrected chi connectivity index (χ2v) is 10.1. The van der Waals surface area contributed by atoms with E-state index in [-0.39, 0.29) is 18.1 Å². The Bertz CT molecular complexity index is 1220. The van der Waals surface area contributed by atoms with E-state index in [4.69, 9.17) is 4.74 Å². The summed E-state index contributed by atoms with van der Waals surface area (Å²) in [5.74, 6) is -0.913. The molecule has 1 aliphatic heterocycles. The molecule has 3 aliphatic rings. The Morgan fingerprint density at radius 2 is 1.51 bits per heavy atom. The zero-order valence-corrected chi connectivity index (χ0v) is 20.8. The lowest BCUT2D eigenvalue weighted by atomic mass is 9.70. The summed E-state index contributed by atoms with van der Waals surface area (Å²) in [4.78, 5) is 40.2. The van der Waals surface area contributed by atoms with Gasteiger partial charge in [0.2, 0.25) is 0 Å². The number of hydrogen-bond acceptors (Lipinski definition) is 5. The summed E-state index contributed by atoms with van der Waals surface area (Å²) in [6, 6.07) is 15.5. The number of Topliss-reactive ketones (excluding diaryl/α,β-unsaturated/α-hetero) is 2. The van der Waals surface area contributed by atoms with Crippen molar-refractivity contribution in [2.45, 2.75) is 51.0 Å². The predicted molar refractivity (Wildman–Crippen MR) is 134 cm³/mol. The molecule has 0 radical (unpaired) electrons. The lowest BCUT2D eigenvalue weighted by Gasteiger charge is -2.43. The third kappa shape index (κ3) is 4.57. The van der Waals surface area contributed by atoms with Crippen LogP contribution in [-0.2, 0) is 21.0 Å². The first kappa shape index (κ1) is 23.5. The number of hydrogen-bond donors (Lipinski definition) is 1. The Kier molecular flexibility index (Phi) is 6.60. The zero-order chi connectivity index (χ0) is 24.5. The standard InChI is InChI=1S/C28H26BrNO5/c29-18-13-11-17(12-14-18)16-35-24-10-2-1-5-19(24)26-27-20(6-3-8-22(27)31)30(15-25(33)34)21-7-4-9-23(32)28(21)26/h1-2,5,10-14,26H,3-4,6-9,15-16H2,(H,33,34). The van der Waals surface area contributed by atoms with E-state index < -0.39 is 11.9 Å². The minimum atomic E-state index is -0.976. The van der Waals surface area contributed by atoms with Crippen LogP contribution in [0.3, 0.4) is 0 Å². The first-order chi connectivity index (χ1) is 16.9. The smallest absolute Gasteiger partial charge is 0.323 e. The van der Waals surface area contributed by atoms with Crippen molar-refractivity contribution in [1.82, 2.24) is 4.90 Å². The average molecular weight is 536 g/mol. The first-order valence-electron chi connectivity index (χ1n) is 11.9. The molecule has 0 aromatic heterocycles. The summed E-state index contributed by atoms with van der Waals surface area (Å²) in [6.07, 6.45) is 3.40. The van der Waals surface area contributed by atoms with Crippen molar-refractivity contribution in [3.05, 3.63) is 86.7 Å². The molecule has 0 bridgehead atoms. The van der Waals surface area contributed by atoms with Crippen LogP contribution in [0.25, 0.3) is 0 Å². The van der Waals surface area contributed by atoms with E-state index in [0.29, 0.717) is 62.0 Å². The van der Waals surface area contributed by atoms with Gasteiger partial charge in [0.1, 0.15) is 18.9 Å². The van der Waals surface area contributed by atoms with Gasteiger partial charge >= 0.3 is 5.97 Å². The van der Waals surface area contributed by atoms with Crippen LogP contribution in [0.1, 0.15) is 55.6 Å². The topological polar surface area (TPSA) is 83.9 Å². The van der Waals surface area contributed by atoms with Gasteiger partial charge in [-0.2, -0.15) is 0 Å². The average Bonchev–Trinajstić information content (AvgIpc) is 2.84. The fourth-order valence-corrected chi connectivity index (χ4v) is 5.71. The summed E-state index contributed by atoms with van der Waals surface area (Å²) in [6.45, 7) is 0.106. The van der Waals surface area contributed by atoms with Crippen LogP contribution in [0, 0.1) is 0 Å². The predicted octanol–water partition coefficient (Wildman–Crippen LogP) is 5.53. The summed E-state index contributed by atoms with van der Waals surface area (Å²) in [7, 11) is 0. The molecular formula is C28H26BrNO5. The second kappa shape index (κ2) is 9.82. The molecule has 6 nitrogen and oxygen atoms in total. The number of halogens is 1. The van der Waals surface area contributed by atoms with Crippen LogP contribution >= 0.6 is 15.9 Å². The molecule has 0 atom stereocenters. The van der Waals surface area contributed by atoms with Gasteiger partial charge in [0, 0.05) is 51.3 Å². The molecule has 7 heteroatoms. The Morgan fingerprint density at radius 1 is 0.914 bits per heavy atom. The Hall–Kier alpha value is -3.19. The number of carboxylic acids is 1. The maximum Gasteiger partial charge on any atom is 0.323 e. The van der Waals surface area contributed by atoms with E-state index in [1.54, 1.807) is 4.90 Å². The van der Waals surface area contributed by atoms with Gasteiger partial charge in [-0.3, -0.25) is 14.4 Å². The van der Waals surface area contributed by atoms with Gasteiger partial charge in [-0.1, -0.05) is 46.3 Å². The molecule has 1 N–H and O–H groups in total. The summed E-state index contributed by atoms with van der Waals surface area (Å²) in [5, 5.41) is 9.62. The zero-order valence-electron chi connectivity index (χ0n) is 19.3. The second-order valence-electron chi connectivity index (χ2n) is 9.14. The van der Waals surface area contributed by atoms with Crippen LogP contribution in [0.2, 0.25) is 0 Å². The number of aliphatic carboxylic acids is 1. The molecule has 180 valence electrons. The number of carbonyl (C=O) groups is 3. The third-order valence-corrected chi connectivity index (χ3v) is 7.45. The molecule has 2 aliphatic carbocycles. The third-order valence-electron chi connectivity index (χ3n) is 6.92. The molecule has 1 heterocycles. The van der Waals surface area contributed by atoms with Gasteiger partial charge in [0.15, 0.2) is 11.6 Å². The normalized spacial score (nSPS) is 18.5. The lowest BCUT2D eigenvalue weighted by Crippen LogP contribution is -2.41. The number of nitrogens with zero attached hydrogens (tertiary/aromatic N) is 1. The number of carboxylic acid groups (broad SMARTS) is 1. The van der Waals surface area contributed by atoms with Crippen LogP contribution in [0.4, 0.5) is 0 Å². The molecule has 0 saturated heterocycles. The molecule has 0 saturated carbocycles. The van der Waals surface area contributed by atoms with Crippen molar-refractivity contribution in [2.24, 2.45) is 0 Å². The Labute approximate surface area is 212 Å². The molecular weight excluding hydrogens is 510 g/mol. The monoisotopic (exact) mass is 535 g/mol. The van der Waals surface area contributed by atoms with Crippen molar-refractivity contribution in [3.63, 3.8) is 0 Å². The first-order valence-corrected chi connectivity index (χ1v) is 12.7. The highest BCUT2D eigenvalue weighted by atomic mass is 79.9. The number of benzene rings is 2. The van der Waals surface area contributed by atoms with Crippen molar-refractivity contribution in [3.8, 4) is 5.75 Å². The fraction of sp³-hybridized carbons (Fsp3) is 0.321. The molecule has 0 spiro atoms. The van der Waals surface area contributed by atoms with Crippen molar-refractivity contribution >= 4 is 33.5 Å². The highest BCUT2D eigenvalue weighted by molar-refractivity contribution is 9.10. The van der Waals surface area contributed by atoms with Crippen LogP contribution < -0.4 is 4.74 Å². The van der Waals surface area contributed by atoms with Crippen LogP contribution in [0.5, 0.6) is 5.75 Å². The highest BCUT2D eigenvalue weighted by Crippen LogP contribution is 2.50. The Morgan fingerprint density at radius 3 is 2.11 bits per heavy atom. The van der Waals surface area contributed by atoms with Gasteiger partial charge in [-0.15, -0.1) is 0 Å². The number of rotatable bonds is 6. The van der Waals surface area contributed by atoms with E-state index in [2.05, 4.69) is 15.9 Å². The van der Waals surface area contributed by atoms with Crippen molar-refractivity contribution < 1.29 is 24.2 Å². The molecule has 5 rings (SSSR count). The minimum Gasteiger partial charge on any atom is -0.489 e. The number of para-hydroxylation sites is 1. The van der Waals surface area contributed by atoms with Gasteiger partial charge in [0.05, 0.1) is 0 Å². The molecule has 0 amide bonds. The lowest BCUT2D eigenvalue weighted by molar-refractivity contribution is -0.138. The molecule has 2 aromatic carbocycles. The molecule has 0 unspecified atom stereocenters. The number of ether oxygens (including phenoxy) is 1. The number of ketones is 2. The van der Waals surface area contributed by atoms with Crippen LogP contribution in [-0.4, -0.2) is 34.1 Å². The molecule has 35 heavy (non-hydrogen) atoms. The van der Waals surface area contributed by atoms with Gasteiger partial charge < -0.3 is 14.7 Å². The van der Waals surface area contributed by atoms with E-state index in [9.17, 15) is 19.5 Å². The maximum atomic E-state index is 13.3. The van der Waals surface area contributed by atoms with E-state index in [1.807, 2.05) is 48.5 Å². The molecule has 2 aromatic rings. The summed E-state index contributed by atoms with van der Waals surface area (Å²) >= 11 is 3.45. The number of carbonyl (C=O) groups excluding carboxylic acids is 2. The van der Waals surface area contributed by atoms with Crippen molar-refractivity contribution in [2.75, 3.05) is 6.54 Å². The van der Waals surface area contributed by atoms with E-state index >= 15 is 0 Å². The van der Waals surface area contributed by atoms with E-state index in [0.717, 1.165) is 27.0 Å². The molecule has 0 fully saturated rings. The summed E-state index contributed by atoms with van der Waals surface area (Å²) in [5.41, 5.74) is 4.42. The van der Waals surface area contributed by atoms with Crippen LogP contribution in [0.15, 0.2) is 75.5 Å². The minimum absolute atomic E-state index is 0.0146. The van der Waals surface area contributed by atoms with Gasteiger partial charge in [-0.05, 0) is 49.4 Å². The Balaban J connectivity index is 1.62. The maximum absolute atomic E-state index is 13.3. The largest absolute Gasteiger partial charge is 0.489 e. The van der Waals surface area contributed by atoms with Gasteiger partial charge in [-0.25, -0.2) is 0 Å². The quantitative estimate of drug-likeness (QED) is 0.523.